The maximum Gasteiger partial charge on any atom is 0.244 e. The van der Waals surface area contributed by atoms with E-state index in [1.165, 1.54) is 41.3 Å². The monoisotopic (exact) mass is 511 g/mol. The zero-order valence-corrected chi connectivity index (χ0v) is 21.4. The zero-order chi connectivity index (χ0) is 25.5. The molecule has 0 aliphatic heterocycles. The first-order valence-corrected chi connectivity index (χ1v) is 13.2. The molecule has 0 saturated carbocycles. The first-order chi connectivity index (χ1) is 15.9. The predicted octanol–water partition coefficient (Wildman–Crippen LogP) is 3.82. The lowest BCUT2D eigenvalue weighted by atomic mass is 10.1. The van der Waals surface area contributed by atoms with Crippen LogP contribution in [0, 0.1) is 11.7 Å². The third-order valence-corrected chi connectivity index (χ3v) is 6.49. The van der Waals surface area contributed by atoms with Crippen molar-refractivity contribution in [1.82, 2.24) is 10.2 Å². The van der Waals surface area contributed by atoms with Crippen molar-refractivity contribution in [1.29, 1.82) is 0 Å². The number of rotatable bonds is 11. The number of hydrogen-bond acceptors (Lipinski definition) is 4. The van der Waals surface area contributed by atoms with Crippen LogP contribution in [-0.2, 0) is 26.2 Å². The van der Waals surface area contributed by atoms with Gasteiger partial charge in [0, 0.05) is 18.1 Å². The molecule has 0 fully saturated rings. The third-order valence-electron chi connectivity index (χ3n) is 5.11. The fourth-order valence-electron chi connectivity index (χ4n) is 3.37. The summed E-state index contributed by atoms with van der Waals surface area (Å²) in [6.45, 7) is 5.62. The Balaban J connectivity index is 2.41. The van der Waals surface area contributed by atoms with Gasteiger partial charge in [-0.3, -0.25) is 13.9 Å². The zero-order valence-electron chi connectivity index (χ0n) is 19.8. The molecule has 10 heteroatoms. The highest BCUT2D eigenvalue weighted by Crippen LogP contribution is 2.23. The second-order valence-corrected chi connectivity index (χ2v) is 10.8. The molecule has 0 unspecified atom stereocenters. The second-order valence-electron chi connectivity index (χ2n) is 8.46. The SMILES string of the molecule is CC[C@H](C(=O)NCC(C)C)N(Cc1ccc(F)cc1)C(=O)CN(c1cccc(Cl)c1)S(C)(=O)=O. The van der Waals surface area contributed by atoms with Gasteiger partial charge in [-0.05, 0) is 48.2 Å². The molecule has 1 atom stereocenters. The van der Waals surface area contributed by atoms with Gasteiger partial charge in [0.1, 0.15) is 18.4 Å². The van der Waals surface area contributed by atoms with Gasteiger partial charge in [-0.25, -0.2) is 12.8 Å². The molecule has 0 radical (unpaired) electrons. The highest BCUT2D eigenvalue weighted by Gasteiger charge is 2.31. The van der Waals surface area contributed by atoms with E-state index >= 15 is 0 Å². The number of amides is 2. The number of benzene rings is 2. The lowest BCUT2D eigenvalue weighted by Gasteiger charge is -2.33. The van der Waals surface area contributed by atoms with E-state index in [1.807, 2.05) is 13.8 Å². The quantitative estimate of drug-likeness (QED) is 0.497. The molecule has 2 amide bonds. The highest BCUT2D eigenvalue weighted by atomic mass is 35.5. The number of nitrogens with one attached hydrogen (secondary N) is 1. The number of carbonyl (C=O) groups is 2. The number of nitrogens with zero attached hydrogens (tertiary/aromatic N) is 2. The average Bonchev–Trinajstić information content (AvgIpc) is 2.76. The van der Waals surface area contributed by atoms with Crippen molar-refractivity contribution in [3.05, 3.63) is 64.9 Å². The van der Waals surface area contributed by atoms with Crippen LogP contribution >= 0.6 is 11.6 Å². The van der Waals surface area contributed by atoms with Gasteiger partial charge in [0.25, 0.3) is 0 Å². The van der Waals surface area contributed by atoms with Gasteiger partial charge >= 0.3 is 0 Å². The van der Waals surface area contributed by atoms with Crippen LogP contribution in [-0.4, -0.2) is 50.5 Å². The van der Waals surface area contributed by atoms with E-state index in [9.17, 15) is 22.4 Å². The minimum Gasteiger partial charge on any atom is -0.354 e. The Labute approximate surface area is 205 Å². The normalized spacial score (nSPS) is 12.3. The Hall–Kier alpha value is -2.65. The lowest BCUT2D eigenvalue weighted by Crippen LogP contribution is -2.52. The third kappa shape index (κ3) is 7.99. The molecule has 0 bridgehead atoms. The van der Waals surface area contributed by atoms with E-state index in [-0.39, 0.29) is 24.1 Å². The predicted molar refractivity (Wildman–Crippen MR) is 133 cm³/mol. The van der Waals surface area contributed by atoms with Gasteiger partial charge in [0.05, 0.1) is 11.9 Å². The largest absolute Gasteiger partial charge is 0.354 e. The van der Waals surface area contributed by atoms with Gasteiger partial charge in [-0.15, -0.1) is 0 Å². The molecule has 7 nitrogen and oxygen atoms in total. The van der Waals surface area contributed by atoms with Crippen LogP contribution in [0.25, 0.3) is 0 Å². The van der Waals surface area contributed by atoms with Crippen molar-refractivity contribution >= 4 is 39.1 Å². The Kier molecular flexibility index (Phi) is 9.88. The number of sulfonamides is 1. The molecular weight excluding hydrogens is 481 g/mol. The van der Waals surface area contributed by atoms with E-state index in [0.29, 0.717) is 23.6 Å². The number of hydrogen-bond donors (Lipinski definition) is 1. The smallest absolute Gasteiger partial charge is 0.244 e. The van der Waals surface area contributed by atoms with E-state index in [2.05, 4.69) is 5.32 Å². The summed E-state index contributed by atoms with van der Waals surface area (Å²) in [5, 5.41) is 3.16. The fourth-order valence-corrected chi connectivity index (χ4v) is 4.40. The second kappa shape index (κ2) is 12.2. The van der Waals surface area contributed by atoms with Crippen LogP contribution in [0.15, 0.2) is 48.5 Å². The Morgan fingerprint density at radius 3 is 2.29 bits per heavy atom. The van der Waals surface area contributed by atoms with Crippen molar-refractivity contribution < 1.29 is 22.4 Å². The van der Waals surface area contributed by atoms with Gasteiger partial charge in [0.2, 0.25) is 21.8 Å². The van der Waals surface area contributed by atoms with Crippen LogP contribution in [0.3, 0.4) is 0 Å². The average molecular weight is 512 g/mol. The molecule has 0 aliphatic rings. The summed E-state index contributed by atoms with van der Waals surface area (Å²) in [6, 6.07) is 10.9. The first-order valence-electron chi connectivity index (χ1n) is 11.0. The molecule has 186 valence electrons. The minimum atomic E-state index is -3.84. The molecule has 0 spiro atoms. The molecule has 0 saturated heterocycles. The minimum absolute atomic E-state index is 0.0138. The molecule has 2 rings (SSSR count). The molecule has 0 aliphatic carbocycles. The molecule has 34 heavy (non-hydrogen) atoms. The Bertz CT molecular complexity index is 1090. The van der Waals surface area contributed by atoms with Crippen LogP contribution < -0.4 is 9.62 Å². The van der Waals surface area contributed by atoms with Gasteiger partial charge < -0.3 is 10.2 Å². The van der Waals surface area contributed by atoms with Crippen LogP contribution in [0.5, 0.6) is 0 Å². The molecule has 2 aromatic rings. The Morgan fingerprint density at radius 2 is 1.76 bits per heavy atom. The summed E-state index contributed by atoms with van der Waals surface area (Å²) in [4.78, 5) is 27.8. The van der Waals surface area contributed by atoms with Crippen molar-refractivity contribution in [2.24, 2.45) is 5.92 Å². The summed E-state index contributed by atoms with van der Waals surface area (Å²) < 4.78 is 39.4. The number of halogens is 2. The fraction of sp³-hybridized carbons (Fsp3) is 0.417. The van der Waals surface area contributed by atoms with Crippen LogP contribution in [0.2, 0.25) is 5.02 Å². The molecule has 0 heterocycles. The van der Waals surface area contributed by atoms with E-state index in [0.717, 1.165) is 10.6 Å². The van der Waals surface area contributed by atoms with Crippen LogP contribution in [0.4, 0.5) is 10.1 Å². The highest BCUT2D eigenvalue weighted by molar-refractivity contribution is 7.92. The first kappa shape index (κ1) is 27.6. The summed E-state index contributed by atoms with van der Waals surface area (Å²) >= 11 is 6.03. The standard InChI is InChI=1S/C24H31ClFN3O4S/c1-5-22(24(31)27-14-17(2)3)28(15-18-9-11-20(26)12-10-18)23(30)16-29(34(4,32)33)21-8-6-7-19(25)13-21/h6-13,17,22H,5,14-16H2,1-4H3,(H,27,31)/t22-/m1/s1. The van der Waals surface area contributed by atoms with Crippen molar-refractivity contribution in [2.75, 3.05) is 23.7 Å². The van der Waals surface area contributed by atoms with Crippen LogP contribution in [0.1, 0.15) is 32.8 Å². The summed E-state index contributed by atoms with van der Waals surface area (Å²) in [6.07, 6.45) is 1.31. The maximum absolute atomic E-state index is 13.5. The molecule has 2 aromatic carbocycles. The van der Waals surface area contributed by atoms with Gasteiger partial charge in [0.15, 0.2) is 0 Å². The number of carbonyl (C=O) groups excluding carboxylic acids is 2. The number of anilines is 1. The molecular formula is C24H31ClFN3O4S. The van der Waals surface area contributed by atoms with E-state index in [1.54, 1.807) is 19.1 Å². The molecule has 1 N–H and O–H groups in total. The van der Waals surface area contributed by atoms with Gasteiger partial charge in [-0.1, -0.05) is 50.6 Å². The van der Waals surface area contributed by atoms with Crippen molar-refractivity contribution in [2.45, 2.75) is 39.8 Å². The van der Waals surface area contributed by atoms with E-state index < -0.39 is 34.3 Å². The summed E-state index contributed by atoms with van der Waals surface area (Å²) in [5.74, 6) is -1.11. The summed E-state index contributed by atoms with van der Waals surface area (Å²) in [5.41, 5.74) is 0.848. The van der Waals surface area contributed by atoms with Crippen molar-refractivity contribution in [3.63, 3.8) is 0 Å². The topological polar surface area (TPSA) is 86.8 Å². The summed E-state index contributed by atoms with van der Waals surface area (Å²) in [7, 11) is -3.84. The Morgan fingerprint density at radius 1 is 1.12 bits per heavy atom. The lowest BCUT2D eigenvalue weighted by molar-refractivity contribution is -0.140. The van der Waals surface area contributed by atoms with E-state index in [4.69, 9.17) is 11.6 Å². The van der Waals surface area contributed by atoms with Gasteiger partial charge in [-0.2, -0.15) is 0 Å². The molecule has 0 aromatic heterocycles. The van der Waals surface area contributed by atoms with Crippen molar-refractivity contribution in [3.8, 4) is 0 Å². The maximum atomic E-state index is 13.5.